The third kappa shape index (κ3) is 4.65. The van der Waals surface area contributed by atoms with Gasteiger partial charge < -0.3 is 10.1 Å². The topological polar surface area (TPSA) is 88.1 Å². The molecule has 7 nitrogen and oxygen atoms in total. The first-order valence-corrected chi connectivity index (χ1v) is 10.4. The third-order valence-electron chi connectivity index (χ3n) is 4.59. The molecule has 1 aliphatic rings. The monoisotopic (exact) mass is 413 g/mol. The van der Waals surface area contributed by atoms with Crippen molar-refractivity contribution in [3.8, 4) is 5.75 Å². The van der Waals surface area contributed by atoms with Crippen molar-refractivity contribution in [2.45, 2.75) is 27.3 Å². The van der Waals surface area contributed by atoms with Gasteiger partial charge in [0.15, 0.2) is 0 Å². The summed E-state index contributed by atoms with van der Waals surface area (Å²) in [6.07, 6.45) is 1.34. The van der Waals surface area contributed by atoms with E-state index >= 15 is 0 Å². The second-order valence-electron chi connectivity index (χ2n) is 6.86. The highest BCUT2D eigenvalue weighted by Gasteiger charge is 2.28. The molecule has 2 aromatic rings. The first kappa shape index (κ1) is 20.6. The second-order valence-corrected chi connectivity index (χ2v) is 8.41. The fraction of sp³-hybridized carbons (Fsp3) is 0.238. The molecule has 1 N–H and O–H groups in total. The van der Waals surface area contributed by atoms with E-state index in [1.165, 1.54) is 13.1 Å². The van der Waals surface area contributed by atoms with Gasteiger partial charge in [-0.25, -0.2) is 0 Å². The lowest BCUT2D eigenvalue weighted by Crippen LogP contribution is -2.32. The SMILES string of the molecule is COc1ccc(CN2C=C(C(=O)Nc3cc(C)ccc3C)C(C)=NS2(=O)=O)cc1. The standard InChI is InChI=1S/C21H23N3O4S/c1-14-5-6-15(2)20(11-14)22-21(25)19-13-24(29(26,27)23-16(19)3)12-17-7-9-18(28-4)10-8-17/h5-11,13H,12H2,1-4H3,(H,22,25). The minimum atomic E-state index is -3.91. The summed E-state index contributed by atoms with van der Waals surface area (Å²) in [5.74, 6) is 0.267. The molecule has 3 rings (SSSR count). The maximum atomic E-state index is 12.8. The average molecular weight is 413 g/mol. The number of aryl methyl sites for hydroxylation is 2. The van der Waals surface area contributed by atoms with Gasteiger partial charge in [0, 0.05) is 11.9 Å². The molecule has 8 heteroatoms. The van der Waals surface area contributed by atoms with Crippen LogP contribution in [-0.2, 0) is 21.5 Å². The van der Waals surface area contributed by atoms with E-state index in [-0.39, 0.29) is 17.8 Å². The summed E-state index contributed by atoms with van der Waals surface area (Å²) in [6, 6.07) is 12.8. The Kier molecular flexibility index (Phi) is 5.74. The lowest BCUT2D eigenvalue weighted by Gasteiger charge is -2.24. The molecule has 2 aromatic carbocycles. The van der Waals surface area contributed by atoms with Crippen molar-refractivity contribution >= 4 is 27.5 Å². The van der Waals surface area contributed by atoms with Crippen LogP contribution in [-0.4, -0.2) is 31.5 Å². The molecular formula is C21H23N3O4S. The number of nitrogens with zero attached hydrogens (tertiary/aromatic N) is 2. The summed E-state index contributed by atoms with van der Waals surface area (Å²) in [5, 5.41) is 2.85. The molecule has 1 heterocycles. The number of carbonyl (C=O) groups is 1. The summed E-state index contributed by atoms with van der Waals surface area (Å²) in [7, 11) is -2.35. The van der Waals surface area contributed by atoms with Crippen LogP contribution in [0.25, 0.3) is 0 Å². The van der Waals surface area contributed by atoms with Crippen molar-refractivity contribution in [1.29, 1.82) is 0 Å². The number of methoxy groups -OCH3 is 1. The molecule has 29 heavy (non-hydrogen) atoms. The maximum absolute atomic E-state index is 12.8. The van der Waals surface area contributed by atoms with Gasteiger partial charge in [0.25, 0.3) is 5.91 Å². The molecule has 0 fully saturated rings. The molecule has 1 amide bonds. The van der Waals surface area contributed by atoms with Crippen LogP contribution in [0.1, 0.15) is 23.6 Å². The molecular weight excluding hydrogens is 390 g/mol. The molecule has 1 aliphatic heterocycles. The Morgan fingerprint density at radius 1 is 1.10 bits per heavy atom. The Labute approximate surface area is 170 Å². The Bertz CT molecular complexity index is 1100. The molecule has 0 atom stereocenters. The Balaban J connectivity index is 1.87. The van der Waals surface area contributed by atoms with Crippen molar-refractivity contribution in [1.82, 2.24) is 4.31 Å². The first-order chi connectivity index (χ1) is 13.7. The largest absolute Gasteiger partial charge is 0.497 e. The fourth-order valence-corrected chi connectivity index (χ4v) is 4.00. The van der Waals surface area contributed by atoms with Crippen LogP contribution in [0.5, 0.6) is 5.75 Å². The van der Waals surface area contributed by atoms with Gasteiger partial charge in [0.05, 0.1) is 24.9 Å². The van der Waals surface area contributed by atoms with E-state index in [0.717, 1.165) is 21.0 Å². The number of nitrogens with one attached hydrogen (secondary N) is 1. The number of benzene rings is 2. The van der Waals surface area contributed by atoms with Crippen LogP contribution in [0.4, 0.5) is 5.69 Å². The summed E-state index contributed by atoms with van der Waals surface area (Å²) < 4.78 is 34.9. The van der Waals surface area contributed by atoms with Gasteiger partial charge in [-0.15, -0.1) is 4.40 Å². The number of anilines is 1. The van der Waals surface area contributed by atoms with Gasteiger partial charge >= 0.3 is 10.2 Å². The number of ether oxygens (including phenoxy) is 1. The van der Waals surface area contributed by atoms with Crippen molar-refractivity contribution < 1.29 is 17.9 Å². The minimum Gasteiger partial charge on any atom is -0.497 e. The maximum Gasteiger partial charge on any atom is 0.344 e. The van der Waals surface area contributed by atoms with Crippen LogP contribution in [0.15, 0.2) is 58.6 Å². The van der Waals surface area contributed by atoms with E-state index in [4.69, 9.17) is 4.74 Å². The highest BCUT2D eigenvalue weighted by atomic mass is 32.2. The van der Waals surface area contributed by atoms with E-state index in [9.17, 15) is 13.2 Å². The quantitative estimate of drug-likeness (QED) is 0.814. The molecule has 0 bridgehead atoms. The zero-order valence-electron chi connectivity index (χ0n) is 16.8. The zero-order chi connectivity index (χ0) is 21.2. The summed E-state index contributed by atoms with van der Waals surface area (Å²) in [6.45, 7) is 5.40. The zero-order valence-corrected chi connectivity index (χ0v) is 17.6. The normalized spacial score (nSPS) is 15.4. The lowest BCUT2D eigenvalue weighted by atomic mass is 10.1. The molecule has 0 aliphatic carbocycles. The van der Waals surface area contributed by atoms with Crippen LogP contribution in [0.2, 0.25) is 0 Å². The van der Waals surface area contributed by atoms with Gasteiger partial charge in [-0.3, -0.25) is 9.10 Å². The van der Waals surface area contributed by atoms with Gasteiger partial charge in [0.1, 0.15) is 5.75 Å². The number of hydrogen-bond acceptors (Lipinski definition) is 4. The van der Waals surface area contributed by atoms with Crippen molar-refractivity contribution in [2.24, 2.45) is 4.40 Å². The van der Waals surface area contributed by atoms with E-state index in [2.05, 4.69) is 9.71 Å². The Morgan fingerprint density at radius 3 is 2.45 bits per heavy atom. The van der Waals surface area contributed by atoms with Crippen LogP contribution in [0, 0.1) is 13.8 Å². The predicted molar refractivity (Wildman–Crippen MR) is 113 cm³/mol. The summed E-state index contributed by atoms with van der Waals surface area (Å²) in [4.78, 5) is 12.8. The smallest absolute Gasteiger partial charge is 0.344 e. The number of rotatable bonds is 5. The number of amides is 1. The van der Waals surface area contributed by atoms with Gasteiger partial charge in [-0.2, -0.15) is 8.42 Å². The molecule has 0 saturated carbocycles. The van der Waals surface area contributed by atoms with E-state index in [1.54, 1.807) is 31.4 Å². The third-order valence-corrected chi connectivity index (χ3v) is 5.93. The highest BCUT2D eigenvalue weighted by Crippen LogP contribution is 2.23. The molecule has 0 unspecified atom stereocenters. The molecule has 0 aromatic heterocycles. The van der Waals surface area contributed by atoms with E-state index in [1.807, 2.05) is 32.0 Å². The summed E-state index contributed by atoms with van der Waals surface area (Å²) in [5.41, 5.74) is 3.71. The number of carbonyl (C=O) groups excluding carboxylic acids is 1. The van der Waals surface area contributed by atoms with Crippen LogP contribution in [0.3, 0.4) is 0 Å². The van der Waals surface area contributed by atoms with E-state index < -0.39 is 16.1 Å². The average Bonchev–Trinajstić information content (AvgIpc) is 2.67. The van der Waals surface area contributed by atoms with Crippen LogP contribution < -0.4 is 10.1 Å². The van der Waals surface area contributed by atoms with Gasteiger partial charge in [-0.05, 0) is 55.7 Å². The van der Waals surface area contributed by atoms with E-state index in [0.29, 0.717) is 11.4 Å². The Hall–Kier alpha value is -3.13. The minimum absolute atomic E-state index is 0.0589. The molecule has 0 spiro atoms. The number of hydrogen-bond donors (Lipinski definition) is 1. The van der Waals surface area contributed by atoms with Crippen molar-refractivity contribution in [2.75, 3.05) is 12.4 Å². The van der Waals surface area contributed by atoms with Crippen LogP contribution >= 0.6 is 0 Å². The molecule has 0 saturated heterocycles. The molecule has 0 radical (unpaired) electrons. The van der Waals surface area contributed by atoms with Gasteiger partial charge in [0.2, 0.25) is 0 Å². The predicted octanol–water partition coefficient (Wildman–Crippen LogP) is 3.36. The lowest BCUT2D eigenvalue weighted by molar-refractivity contribution is -0.112. The highest BCUT2D eigenvalue weighted by molar-refractivity contribution is 7.88. The van der Waals surface area contributed by atoms with Crippen molar-refractivity contribution in [3.05, 3.63) is 70.9 Å². The molecule has 152 valence electrons. The first-order valence-electron chi connectivity index (χ1n) is 9.01. The summed E-state index contributed by atoms with van der Waals surface area (Å²) >= 11 is 0. The second kappa shape index (κ2) is 8.08. The van der Waals surface area contributed by atoms with Crippen molar-refractivity contribution in [3.63, 3.8) is 0 Å². The fourth-order valence-electron chi connectivity index (χ4n) is 2.90. The Morgan fingerprint density at radius 2 is 1.79 bits per heavy atom. The van der Waals surface area contributed by atoms with Gasteiger partial charge in [-0.1, -0.05) is 24.3 Å².